The third kappa shape index (κ3) is 16.4. The van der Waals surface area contributed by atoms with Crippen molar-refractivity contribution in [2.45, 2.75) is 116 Å². The normalized spacial score (nSPS) is 16.1. The second-order valence-electron chi connectivity index (χ2n) is 7.38. The third-order valence-electron chi connectivity index (χ3n) is 4.85. The van der Waals surface area contributed by atoms with Crippen molar-refractivity contribution >= 4 is 11.9 Å². The van der Waals surface area contributed by atoms with Gasteiger partial charge in [0.1, 0.15) is 6.04 Å². The smallest absolute Gasteiger partial charge is 0.326 e. The van der Waals surface area contributed by atoms with Gasteiger partial charge < -0.3 is 16.2 Å². The molecular weight excluding hydrogens is 328 g/mol. The molecule has 0 aromatic carbocycles. The third-order valence-corrected chi connectivity index (χ3v) is 4.85. The average molecular weight is 371 g/mol. The van der Waals surface area contributed by atoms with Crippen molar-refractivity contribution in [2.75, 3.05) is 6.54 Å². The molecule has 0 unspecified atom stereocenters. The fourth-order valence-corrected chi connectivity index (χ4v) is 3.14. The molecule has 1 fully saturated rings. The molecule has 1 rings (SSSR count). The van der Waals surface area contributed by atoms with Crippen LogP contribution in [0.1, 0.15) is 110 Å². The van der Waals surface area contributed by atoms with E-state index < -0.39 is 12.0 Å². The van der Waals surface area contributed by atoms with E-state index in [1.54, 1.807) is 0 Å². The number of aliphatic carboxylic acids is 1. The number of amides is 1. The van der Waals surface area contributed by atoms with Crippen LogP contribution in [-0.4, -0.2) is 29.6 Å². The summed E-state index contributed by atoms with van der Waals surface area (Å²) in [5.74, 6) is -1.11. The zero-order chi connectivity index (χ0) is 19.5. The van der Waals surface area contributed by atoms with Gasteiger partial charge in [0.15, 0.2) is 0 Å². The standard InChI is InChI=1S/C16H35N.C5H7NO3/c1-2-3-4-5-6-7-8-9-10-11-12-13-14-15-16-17;7-4-2-1-3(6-4)5(8)9/h2-17H2,1H3;3H,1-2H2,(H,6,7)(H,8,9)/t;3-/m.0/s1. The van der Waals surface area contributed by atoms with Gasteiger partial charge in [-0.05, 0) is 19.4 Å². The predicted octanol–water partition coefficient (Wildman–Crippen LogP) is 4.78. The van der Waals surface area contributed by atoms with Crippen LogP contribution < -0.4 is 11.1 Å². The molecule has 1 aliphatic heterocycles. The quantitative estimate of drug-likeness (QED) is 0.362. The van der Waals surface area contributed by atoms with Crippen LogP contribution >= 0.6 is 0 Å². The van der Waals surface area contributed by atoms with Crippen LogP contribution in [0.15, 0.2) is 0 Å². The Morgan fingerprint density at radius 3 is 1.62 bits per heavy atom. The molecule has 154 valence electrons. The SMILES string of the molecule is CCCCCCCCCCCCCCCCN.O=C1CC[C@@H](C(=O)O)N1. The maximum absolute atomic E-state index is 10.4. The molecule has 0 radical (unpaired) electrons. The second-order valence-corrected chi connectivity index (χ2v) is 7.38. The Bertz CT molecular complexity index is 334. The fourth-order valence-electron chi connectivity index (χ4n) is 3.14. The first kappa shape index (κ1) is 24.9. The lowest BCUT2D eigenvalue weighted by atomic mass is 10.0. The summed E-state index contributed by atoms with van der Waals surface area (Å²) in [5, 5.41) is 10.6. The van der Waals surface area contributed by atoms with Crippen molar-refractivity contribution in [3.05, 3.63) is 0 Å². The van der Waals surface area contributed by atoms with Gasteiger partial charge in [-0.25, -0.2) is 4.79 Å². The van der Waals surface area contributed by atoms with Gasteiger partial charge in [0.05, 0.1) is 0 Å². The topological polar surface area (TPSA) is 92.4 Å². The molecule has 5 nitrogen and oxygen atoms in total. The molecule has 0 saturated carbocycles. The minimum atomic E-state index is -0.944. The maximum Gasteiger partial charge on any atom is 0.326 e. The van der Waals surface area contributed by atoms with Crippen LogP contribution in [0.3, 0.4) is 0 Å². The minimum Gasteiger partial charge on any atom is -0.480 e. The highest BCUT2D eigenvalue weighted by Gasteiger charge is 2.26. The lowest BCUT2D eigenvalue weighted by molar-refractivity contribution is -0.140. The number of rotatable bonds is 15. The zero-order valence-electron chi connectivity index (χ0n) is 16.9. The van der Waals surface area contributed by atoms with E-state index in [1.807, 2.05) is 0 Å². The number of nitrogens with two attached hydrogens (primary N) is 1. The second kappa shape index (κ2) is 18.7. The zero-order valence-corrected chi connectivity index (χ0v) is 16.9. The van der Waals surface area contributed by atoms with Crippen LogP contribution in [0, 0.1) is 0 Å². The molecule has 1 atom stereocenters. The molecule has 26 heavy (non-hydrogen) atoms. The van der Waals surface area contributed by atoms with Crippen molar-refractivity contribution in [1.82, 2.24) is 5.32 Å². The Kier molecular flexibility index (Phi) is 17.9. The molecule has 5 heteroatoms. The summed E-state index contributed by atoms with van der Waals surface area (Å²) in [4.78, 5) is 20.5. The first-order valence-corrected chi connectivity index (χ1v) is 10.8. The molecule has 0 bridgehead atoms. The summed E-state index contributed by atoms with van der Waals surface area (Å²) in [6, 6.07) is -0.641. The summed E-state index contributed by atoms with van der Waals surface area (Å²) in [5.41, 5.74) is 5.47. The Hall–Kier alpha value is -1.10. The number of carboxylic acids is 1. The van der Waals surface area contributed by atoms with Crippen LogP contribution in [0.5, 0.6) is 0 Å². The number of nitrogens with one attached hydrogen (secondary N) is 1. The molecule has 1 amide bonds. The molecule has 0 spiro atoms. The maximum atomic E-state index is 10.4. The molecule has 1 saturated heterocycles. The predicted molar refractivity (Wildman–Crippen MR) is 108 cm³/mol. The van der Waals surface area contributed by atoms with Crippen molar-refractivity contribution in [1.29, 1.82) is 0 Å². The van der Waals surface area contributed by atoms with Gasteiger partial charge in [-0.2, -0.15) is 0 Å². The van der Waals surface area contributed by atoms with E-state index >= 15 is 0 Å². The summed E-state index contributed by atoms with van der Waals surface area (Å²) in [7, 11) is 0. The first-order chi connectivity index (χ1) is 12.6. The van der Waals surface area contributed by atoms with E-state index in [9.17, 15) is 9.59 Å². The van der Waals surface area contributed by atoms with Crippen LogP contribution in [0.2, 0.25) is 0 Å². The number of hydrogen-bond donors (Lipinski definition) is 3. The lowest BCUT2D eigenvalue weighted by Gasteiger charge is -2.02. The van der Waals surface area contributed by atoms with Gasteiger partial charge in [-0.15, -0.1) is 0 Å². The van der Waals surface area contributed by atoms with E-state index in [1.165, 1.54) is 89.9 Å². The van der Waals surface area contributed by atoms with E-state index in [2.05, 4.69) is 12.2 Å². The number of hydrogen-bond acceptors (Lipinski definition) is 3. The lowest BCUT2D eigenvalue weighted by Crippen LogP contribution is -2.32. The Labute approximate surface area is 160 Å². The Balaban J connectivity index is 0.000000577. The summed E-state index contributed by atoms with van der Waals surface area (Å²) in [6.07, 6.45) is 20.6. The molecule has 1 aliphatic rings. The van der Waals surface area contributed by atoms with Gasteiger partial charge in [-0.1, -0.05) is 90.4 Å². The number of unbranched alkanes of at least 4 members (excludes halogenated alkanes) is 13. The summed E-state index contributed by atoms with van der Waals surface area (Å²) in [6.45, 7) is 3.16. The monoisotopic (exact) mass is 370 g/mol. The van der Waals surface area contributed by atoms with Crippen molar-refractivity contribution < 1.29 is 14.7 Å². The van der Waals surface area contributed by atoms with Crippen molar-refractivity contribution in [3.63, 3.8) is 0 Å². The molecule has 0 aromatic rings. The minimum absolute atomic E-state index is 0.164. The number of carboxylic acid groups (broad SMARTS) is 1. The van der Waals surface area contributed by atoms with Gasteiger partial charge in [0.25, 0.3) is 0 Å². The van der Waals surface area contributed by atoms with Crippen molar-refractivity contribution in [3.8, 4) is 0 Å². The number of carbonyl (C=O) groups excluding carboxylic acids is 1. The van der Waals surface area contributed by atoms with Gasteiger partial charge in [0.2, 0.25) is 5.91 Å². The molecule has 0 aliphatic carbocycles. The summed E-state index contributed by atoms with van der Waals surface area (Å²) >= 11 is 0. The molecule has 1 heterocycles. The highest BCUT2D eigenvalue weighted by atomic mass is 16.4. The van der Waals surface area contributed by atoms with E-state index in [-0.39, 0.29) is 5.91 Å². The van der Waals surface area contributed by atoms with Gasteiger partial charge >= 0.3 is 5.97 Å². The van der Waals surface area contributed by atoms with Crippen LogP contribution in [0.4, 0.5) is 0 Å². The van der Waals surface area contributed by atoms with E-state index in [4.69, 9.17) is 10.8 Å². The molecule has 0 aromatic heterocycles. The molecular formula is C21H42N2O3. The van der Waals surface area contributed by atoms with Crippen LogP contribution in [0.25, 0.3) is 0 Å². The summed E-state index contributed by atoms with van der Waals surface area (Å²) < 4.78 is 0. The Morgan fingerprint density at radius 1 is 0.923 bits per heavy atom. The van der Waals surface area contributed by atoms with E-state index in [0.717, 1.165) is 6.54 Å². The highest BCUT2D eigenvalue weighted by Crippen LogP contribution is 2.12. The van der Waals surface area contributed by atoms with Crippen molar-refractivity contribution in [2.24, 2.45) is 5.73 Å². The Morgan fingerprint density at radius 2 is 1.35 bits per heavy atom. The largest absolute Gasteiger partial charge is 0.480 e. The van der Waals surface area contributed by atoms with Gasteiger partial charge in [0, 0.05) is 6.42 Å². The van der Waals surface area contributed by atoms with E-state index in [0.29, 0.717) is 12.8 Å². The van der Waals surface area contributed by atoms with Crippen LogP contribution in [-0.2, 0) is 9.59 Å². The van der Waals surface area contributed by atoms with Gasteiger partial charge in [-0.3, -0.25) is 4.79 Å². The fraction of sp³-hybridized carbons (Fsp3) is 0.905. The average Bonchev–Trinajstić information content (AvgIpc) is 3.06. The first-order valence-electron chi connectivity index (χ1n) is 10.8. The number of carbonyl (C=O) groups is 2. The molecule has 4 N–H and O–H groups in total. The highest BCUT2D eigenvalue weighted by molar-refractivity contribution is 5.87.